The molecule has 0 radical (unpaired) electrons. The number of nitrogens with zero attached hydrogens (tertiary/aromatic N) is 2. The van der Waals surface area contributed by atoms with Crippen molar-refractivity contribution in [3.05, 3.63) is 53.9 Å². The number of hydrogen-bond donors (Lipinski definition) is 2. The molecule has 0 bridgehead atoms. The van der Waals surface area contributed by atoms with Gasteiger partial charge in [-0.3, -0.25) is 9.48 Å². The standard InChI is InChI=1S/C15H15N3O2/c19-10-1-3-13-4-6-14(7-5-13)11-16-15(20)12-18-9-2-8-17-18/h2,4-9,19H,10-12H2,(H,16,20). The van der Waals surface area contributed by atoms with Crippen LogP contribution in [0, 0.1) is 11.8 Å². The third-order valence-corrected chi connectivity index (χ3v) is 2.62. The number of aliphatic hydroxyl groups is 1. The molecule has 0 spiro atoms. The number of aromatic nitrogens is 2. The summed E-state index contributed by atoms with van der Waals surface area (Å²) in [6, 6.07) is 9.29. The van der Waals surface area contributed by atoms with E-state index in [-0.39, 0.29) is 19.1 Å². The van der Waals surface area contributed by atoms with E-state index in [9.17, 15) is 4.79 Å². The summed E-state index contributed by atoms with van der Waals surface area (Å²) in [6.07, 6.45) is 3.38. The van der Waals surface area contributed by atoms with Gasteiger partial charge in [0.2, 0.25) is 5.91 Å². The van der Waals surface area contributed by atoms with Gasteiger partial charge in [0.05, 0.1) is 0 Å². The Morgan fingerprint density at radius 1 is 1.35 bits per heavy atom. The maximum absolute atomic E-state index is 11.7. The number of rotatable bonds is 4. The van der Waals surface area contributed by atoms with Crippen molar-refractivity contribution >= 4 is 5.91 Å². The van der Waals surface area contributed by atoms with E-state index < -0.39 is 0 Å². The lowest BCUT2D eigenvalue weighted by Gasteiger charge is -2.05. The van der Waals surface area contributed by atoms with Crippen molar-refractivity contribution in [3.63, 3.8) is 0 Å². The Hall–Kier alpha value is -2.58. The molecule has 102 valence electrons. The van der Waals surface area contributed by atoms with E-state index in [1.807, 2.05) is 24.3 Å². The Kier molecular flexibility index (Phi) is 4.93. The van der Waals surface area contributed by atoms with Gasteiger partial charge >= 0.3 is 0 Å². The number of amides is 1. The maximum atomic E-state index is 11.7. The van der Waals surface area contributed by atoms with Crippen molar-refractivity contribution in [2.45, 2.75) is 13.1 Å². The van der Waals surface area contributed by atoms with Gasteiger partial charge in [0, 0.05) is 24.5 Å². The van der Waals surface area contributed by atoms with Crippen LogP contribution in [-0.2, 0) is 17.9 Å². The van der Waals surface area contributed by atoms with E-state index >= 15 is 0 Å². The molecule has 2 N–H and O–H groups in total. The fraction of sp³-hybridized carbons (Fsp3) is 0.200. The number of carbonyl (C=O) groups excluding carboxylic acids is 1. The Bertz CT molecular complexity index is 607. The van der Waals surface area contributed by atoms with Crippen LogP contribution in [0.3, 0.4) is 0 Å². The van der Waals surface area contributed by atoms with Crippen molar-refractivity contribution in [2.24, 2.45) is 0 Å². The fourth-order valence-electron chi connectivity index (χ4n) is 1.65. The second-order valence-electron chi connectivity index (χ2n) is 4.14. The van der Waals surface area contributed by atoms with Crippen LogP contribution < -0.4 is 5.32 Å². The molecule has 5 heteroatoms. The minimum absolute atomic E-state index is 0.0853. The molecule has 1 heterocycles. The van der Waals surface area contributed by atoms with Crippen LogP contribution in [0.4, 0.5) is 0 Å². The lowest BCUT2D eigenvalue weighted by Crippen LogP contribution is -2.27. The second kappa shape index (κ2) is 7.12. The number of hydrogen-bond acceptors (Lipinski definition) is 3. The molecule has 1 aromatic heterocycles. The first-order valence-electron chi connectivity index (χ1n) is 6.21. The molecule has 0 unspecified atom stereocenters. The van der Waals surface area contributed by atoms with Crippen molar-refractivity contribution in [2.75, 3.05) is 6.61 Å². The molecule has 1 aromatic carbocycles. The molecule has 0 saturated carbocycles. The van der Waals surface area contributed by atoms with Crippen molar-refractivity contribution in [1.82, 2.24) is 15.1 Å². The monoisotopic (exact) mass is 269 g/mol. The van der Waals surface area contributed by atoms with Crippen LogP contribution in [0.5, 0.6) is 0 Å². The lowest BCUT2D eigenvalue weighted by molar-refractivity contribution is -0.122. The van der Waals surface area contributed by atoms with E-state index in [4.69, 9.17) is 5.11 Å². The summed E-state index contributed by atoms with van der Waals surface area (Å²) in [7, 11) is 0. The zero-order valence-electron chi connectivity index (χ0n) is 10.9. The Morgan fingerprint density at radius 3 is 2.80 bits per heavy atom. The maximum Gasteiger partial charge on any atom is 0.241 e. The highest BCUT2D eigenvalue weighted by molar-refractivity contribution is 5.75. The average molecular weight is 269 g/mol. The molecule has 2 aromatic rings. The smallest absolute Gasteiger partial charge is 0.241 e. The molecule has 0 aliphatic carbocycles. The lowest BCUT2D eigenvalue weighted by atomic mass is 10.1. The first kappa shape index (κ1) is 13.8. The van der Waals surface area contributed by atoms with E-state index in [2.05, 4.69) is 22.3 Å². The number of benzene rings is 1. The summed E-state index contributed by atoms with van der Waals surface area (Å²) < 4.78 is 1.57. The van der Waals surface area contributed by atoms with Crippen molar-refractivity contribution < 1.29 is 9.90 Å². The van der Waals surface area contributed by atoms with Crippen LogP contribution in [0.2, 0.25) is 0 Å². The number of nitrogens with one attached hydrogen (secondary N) is 1. The third-order valence-electron chi connectivity index (χ3n) is 2.62. The van der Waals surface area contributed by atoms with Crippen molar-refractivity contribution in [1.29, 1.82) is 0 Å². The van der Waals surface area contributed by atoms with Gasteiger partial charge in [-0.15, -0.1) is 0 Å². The molecule has 2 rings (SSSR count). The van der Waals surface area contributed by atoms with Crippen LogP contribution in [-0.4, -0.2) is 27.4 Å². The molecule has 0 atom stereocenters. The van der Waals surface area contributed by atoms with Crippen LogP contribution in [0.15, 0.2) is 42.7 Å². The van der Waals surface area contributed by atoms with Gasteiger partial charge in [0.15, 0.2) is 0 Å². The molecular formula is C15H15N3O2. The van der Waals surface area contributed by atoms with Crippen LogP contribution >= 0.6 is 0 Å². The number of aliphatic hydroxyl groups excluding tert-OH is 1. The van der Waals surface area contributed by atoms with Gasteiger partial charge in [-0.05, 0) is 23.8 Å². The SMILES string of the molecule is O=C(Cn1cccn1)NCc1ccc(C#CCO)cc1. The van der Waals surface area contributed by atoms with Gasteiger partial charge in [0.25, 0.3) is 0 Å². The second-order valence-corrected chi connectivity index (χ2v) is 4.14. The van der Waals surface area contributed by atoms with Gasteiger partial charge in [-0.1, -0.05) is 24.0 Å². The Balaban J connectivity index is 1.83. The van der Waals surface area contributed by atoms with Crippen LogP contribution in [0.1, 0.15) is 11.1 Å². The van der Waals surface area contributed by atoms with E-state index in [1.54, 1.807) is 23.1 Å². The largest absolute Gasteiger partial charge is 0.384 e. The highest BCUT2D eigenvalue weighted by Gasteiger charge is 2.02. The predicted molar refractivity (Wildman–Crippen MR) is 74.5 cm³/mol. The minimum Gasteiger partial charge on any atom is -0.384 e. The highest BCUT2D eigenvalue weighted by Crippen LogP contribution is 2.03. The Labute approximate surface area is 117 Å². The highest BCUT2D eigenvalue weighted by atomic mass is 16.2. The van der Waals surface area contributed by atoms with Gasteiger partial charge in [0.1, 0.15) is 13.2 Å². The third kappa shape index (κ3) is 4.26. The molecule has 0 saturated heterocycles. The van der Waals surface area contributed by atoms with E-state index in [0.717, 1.165) is 11.1 Å². The molecule has 20 heavy (non-hydrogen) atoms. The van der Waals surface area contributed by atoms with Gasteiger partial charge in [-0.2, -0.15) is 5.10 Å². The van der Waals surface area contributed by atoms with Gasteiger partial charge < -0.3 is 10.4 Å². The quantitative estimate of drug-likeness (QED) is 0.796. The minimum atomic E-state index is -0.148. The van der Waals surface area contributed by atoms with Crippen LogP contribution in [0.25, 0.3) is 0 Å². The van der Waals surface area contributed by atoms with E-state index in [1.165, 1.54) is 0 Å². The molecular weight excluding hydrogens is 254 g/mol. The zero-order valence-corrected chi connectivity index (χ0v) is 10.9. The zero-order chi connectivity index (χ0) is 14.2. The van der Waals surface area contributed by atoms with E-state index in [0.29, 0.717) is 6.54 Å². The normalized spacial score (nSPS) is 9.65. The molecule has 1 amide bonds. The average Bonchev–Trinajstić information content (AvgIpc) is 2.97. The first-order valence-corrected chi connectivity index (χ1v) is 6.21. The topological polar surface area (TPSA) is 67.2 Å². The fourth-order valence-corrected chi connectivity index (χ4v) is 1.65. The predicted octanol–water partition coefficient (Wildman–Crippen LogP) is 0.543. The summed E-state index contributed by atoms with van der Waals surface area (Å²) in [5.74, 6) is 5.32. The summed E-state index contributed by atoms with van der Waals surface area (Å²) >= 11 is 0. The molecule has 0 aliphatic heterocycles. The van der Waals surface area contributed by atoms with Crippen molar-refractivity contribution in [3.8, 4) is 11.8 Å². The summed E-state index contributed by atoms with van der Waals surface area (Å²) in [5, 5.41) is 15.4. The first-order chi connectivity index (χ1) is 9.78. The van der Waals surface area contributed by atoms with Gasteiger partial charge in [-0.25, -0.2) is 0 Å². The molecule has 5 nitrogen and oxygen atoms in total. The Morgan fingerprint density at radius 2 is 2.15 bits per heavy atom. The number of carbonyl (C=O) groups is 1. The molecule has 0 fully saturated rings. The summed E-state index contributed by atoms with van der Waals surface area (Å²) in [6.45, 7) is 0.534. The summed E-state index contributed by atoms with van der Waals surface area (Å²) in [4.78, 5) is 11.7. The summed E-state index contributed by atoms with van der Waals surface area (Å²) in [5.41, 5.74) is 1.83. The molecule has 0 aliphatic rings.